The average molecular weight is 290 g/mol. The van der Waals surface area contributed by atoms with Gasteiger partial charge in [-0.15, -0.1) is 0 Å². The average Bonchev–Trinajstić information content (AvgIpc) is 2.43. The maximum Gasteiger partial charge on any atom is 0.220 e. The van der Waals surface area contributed by atoms with Crippen molar-refractivity contribution in [1.29, 1.82) is 0 Å². The number of nitrogens with two attached hydrogens (primary N) is 1. The number of primary amides is 1. The lowest BCUT2D eigenvalue weighted by molar-refractivity contribution is -0.122. The summed E-state index contributed by atoms with van der Waals surface area (Å²) in [5.74, 6) is 0.265. The minimum Gasteiger partial charge on any atom is -0.369 e. The highest BCUT2D eigenvalue weighted by Gasteiger charge is 2.33. The Morgan fingerprint density at radius 1 is 1.14 bits per heavy atom. The van der Waals surface area contributed by atoms with E-state index in [0.29, 0.717) is 18.0 Å². The third-order valence-corrected chi connectivity index (χ3v) is 5.06. The lowest BCUT2D eigenvalue weighted by atomic mass is 9.75. The Morgan fingerprint density at radius 2 is 1.86 bits per heavy atom. The minimum atomic E-state index is -0.150. The quantitative estimate of drug-likeness (QED) is 0.896. The summed E-state index contributed by atoms with van der Waals surface area (Å²) in [7, 11) is 0. The first-order valence-electron chi connectivity index (χ1n) is 7.92. The van der Waals surface area contributed by atoms with Crippen LogP contribution >= 0.6 is 0 Å². The Balaban J connectivity index is 1.42. The number of nitrogens with one attached hydrogen (secondary N) is 1. The fourth-order valence-electron chi connectivity index (χ4n) is 3.66. The summed E-state index contributed by atoms with van der Waals surface area (Å²) in [5.41, 5.74) is 6.47. The van der Waals surface area contributed by atoms with Crippen molar-refractivity contribution in [2.75, 3.05) is 0 Å². The van der Waals surface area contributed by atoms with E-state index in [9.17, 15) is 9.18 Å². The highest BCUT2D eigenvalue weighted by atomic mass is 19.1. The van der Waals surface area contributed by atoms with Crippen LogP contribution in [0.5, 0.6) is 0 Å². The number of hydrogen-bond acceptors (Lipinski definition) is 2. The van der Waals surface area contributed by atoms with E-state index in [4.69, 9.17) is 5.73 Å². The van der Waals surface area contributed by atoms with Crippen LogP contribution in [0.1, 0.15) is 50.0 Å². The first-order chi connectivity index (χ1) is 10.1. The van der Waals surface area contributed by atoms with E-state index in [1.165, 1.54) is 6.07 Å². The molecule has 3 rings (SSSR count). The summed E-state index contributed by atoms with van der Waals surface area (Å²) in [6.45, 7) is 0. The standard InChI is InChI=1S/C17H23FN2O/c18-14-3-1-2-12(8-14)13-9-16(10-13)20-15-6-4-11(5-7-15)17(19)21/h1-3,8,11,13,15-16,20H,4-7,9-10H2,(H2,19,21). The van der Waals surface area contributed by atoms with Crippen LogP contribution in [0.15, 0.2) is 24.3 Å². The second-order valence-corrected chi connectivity index (χ2v) is 6.54. The zero-order chi connectivity index (χ0) is 14.8. The summed E-state index contributed by atoms with van der Waals surface area (Å²) in [6, 6.07) is 8.00. The monoisotopic (exact) mass is 290 g/mol. The summed E-state index contributed by atoms with van der Waals surface area (Å²) in [6.07, 6.45) is 6.06. The van der Waals surface area contributed by atoms with Crippen molar-refractivity contribution in [3.63, 3.8) is 0 Å². The molecule has 2 aliphatic carbocycles. The molecule has 21 heavy (non-hydrogen) atoms. The molecule has 0 aromatic heterocycles. The molecule has 2 saturated carbocycles. The third kappa shape index (κ3) is 3.43. The molecule has 2 aliphatic rings. The summed E-state index contributed by atoms with van der Waals surface area (Å²) < 4.78 is 13.2. The van der Waals surface area contributed by atoms with Gasteiger partial charge in [-0.3, -0.25) is 4.79 Å². The Hall–Kier alpha value is -1.42. The Morgan fingerprint density at radius 3 is 2.48 bits per heavy atom. The number of carbonyl (C=O) groups excluding carboxylic acids is 1. The number of halogens is 1. The Kier molecular flexibility index (Phi) is 4.24. The maximum absolute atomic E-state index is 13.2. The molecular weight excluding hydrogens is 267 g/mol. The SMILES string of the molecule is NC(=O)C1CCC(NC2CC(c3cccc(F)c3)C2)CC1. The first-order valence-corrected chi connectivity index (χ1v) is 7.92. The van der Waals surface area contributed by atoms with Crippen LogP contribution in [0.2, 0.25) is 0 Å². The van der Waals surface area contributed by atoms with Gasteiger partial charge < -0.3 is 11.1 Å². The van der Waals surface area contributed by atoms with E-state index in [1.54, 1.807) is 12.1 Å². The highest BCUT2D eigenvalue weighted by Crippen LogP contribution is 2.38. The molecule has 1 amide bonds. The van der Waals surface area contributed by atoms with Gasteiger partial charge in [0, 0.05) is 18.0 Å². The molecule has 1 aromatic rings. The summed E-state index contributed by atoms with van der Waals surface area (Å²) >= 11 is 0. The molecule has 4 heteroatoms. The van der Waals surface area contributed by atoms with Gasteiger partial charge in [0.2, 0.25) is 5.91 Å². The molecular formula is C17H23FN2O. The number of benzene rings is 1. The fourth-order valence-corrected chi connectivity index (χ4v) is 3.66. The minimum absolute atomic E-state index is 0.0736. The van der Waals surface area contributed by atoms with Crippen LogP contribution in [-0.2, 0) is 4.79 Å². The molecule has 0 atom stereocenters. The van der Waals surface area contributed by atoms with Crippen LogP contribution in [0.4, 0.5) is 4.39 Å². The molecule has 0 unspecified atom stereocenters. The molecule has 2 fully saturated rings. The van der Waals surface area contributed by atoms with E-state index in [2.05, 4.69) is 5.32 Å². The number of carbonyl (C=O) groups is 1. The topological polar surface area (TPSA) is 55.1 Å². The maximum atomic E-state index is 13.2. The van der Waals surface area contributed by atoms with E-state index in [1.807, 2.05) is 6.07 Å². The molecule has 0 radical (unpaired) electrons. The van der Waals surface area contributed by atoms with Crippen molar-refractivity contribution in [2.45, 2.75) is 56.5 Å². The van der Waals surface area contributed by atoms with Crippen LogP contribution in [0.25, 0.3) is 0 Å². The van der Waals surface area contributed by atoms with Crippen molar-refractivity contribution in [1.82, 2.24) is 5.32 Å². The number of amides is 1. The van der Waals surface area contributed by atoms with E-state index < -0.39 is 0 Å². The molecule has 0 spiro atoms. The molecule has 1 aromatic carbocycles. The van der Waals surface area contributed by atoms with Crippen molar-refractivity contribution in [3.8, 4) is 0 Å². The van der Waals surface area contributed by atoms with Crippen molar-refractivity contribution >= 4 is 5.91 Å². The zero-order valence-electron chi connectivity index (χ0n) is 12.2. The predicted molar refractivity (Wildman–Crippen MR) is 80.2 cm³/mol. The fraction of sp³-hybridized carbons (Fsp3) is 0.588. The van der Waals surface area contributed by atoms with Gasteiger partial charge in [0.15, 0.2) is 0 Å². The van der Waals surface area contributed by atoms with Crippen molar-refractivity contribution in [3.05, 3.63) is 35.6 Å². The van der Waals surface area contributed by atoms with Crippen molar-refractivity contribution < 1.29 is 9.18 Å². The number of hydrogen-bond donors (Lipinski definition) is 2. The highest BCUT2D eigenvalue weighted by molar-refractivity contribution is 5.76. The normalized spacial score (nSPS) is 32.4. The zero-order valence-corrected chi connectivity index (χ0v) is 12.2. The van der Waals surface area contributed by atoms with Gasteiger partial charge >= 0.3 is 0 Å². The van der Waals surface area contributed by atoms with Crippen LogP contribution in [0, 0.1) is 11.7 Å². The second kappa shape index (κ2) is 6.14. The largest absolute Gasteiger partial charge is 0.369 e. The Labute approximate surface area is 125 Å². The molecule has 3 nitrogen and oxygen atoms in total. The van der Waals surface area contributed by atoms with Gasteiger partial charge in [0.25, 0.3) is 0 Å². The van der Waals surface area contributed by atoms with E-state index in [0.717, 1.165) is 44.1 Å². The van der Waals surface area contributed by atoms with E-state index in [-0.39, 0.29) is 17.6 Å². The smallest absolute Gasteiger partial charge is 0.220 e. The molecule has 0 heterocycles. The van der Waals surface area contributed by atoms with Crippen LogP contribution in [-0.4, -0.2) is 18.0 Å². The van der Waals surface area contributed by atoms with E-state index >= 15 is 0 Å². The lowest BCUT2D eigenvalue weighted by Gasteiger charge is -2.40. The van der Waals surface area contributed by atoms with Crippen molar-refractivity contribution in [2.24, 2.45) is 11.7 Å². The second-order valence-electron chi connectivity index (χ2n) is 6.54. The molecule has 0 aliphatic heterocycles. The molecule has 114 valence electrons. The van der Waals surface area contributed by atoms with Crippen LogP contribution < -0.4 is 11.1 Å². The molecule has 0 saturated heterocycles. The Bertz CT molecular complexity index is 505. The summed E-state index contributed by atoms with van der Waals surface area (Å²) in [5, 5.41) is 3.68. The van der Waals surface area contributed by atoms with Gasteiger partial charge in [0.1, 0.15) is 5.82 Å². The number of rotatable bonds is 4. The van der Waals surface area contributed by atoms with Gasteiger partial charge in [-0.05, 0) is 62.1 Å². The van der Waals surface area contributed by atoms with Gasteiger partial charge in [-0.25, -0.2) is 4.39 Å². The van der Waals surface area contributed by atoms with Crippen LogP contribution in [0.3, 0.4) is 0 Å². The first kappa shape index (κ1) is 14.5. The molecule has 0 bridgehead atoms. The molecule has 3 N–H and O–H groups in total. The van der Waals surface area contributed by atoms with Gasteiger partial charge in [-0.2, -0.15) is 0 Å². The predicted octanol–water partition coefficient (Wildman–Crippen LogP) is 2.71. The lowest BCUT2D eigenvalue weighted by Crippen LogP contribution is -2.47. The summed E-state index contributed by atoms with van der Waals surface area (Å²) in [4.78, 5) is 11.1. The van der Waals surface area contributed by atoms with Gasteiger partial charge in [0.05, 0.1) is 0 Å². The van der Waals surface area contributed by atoms with Gasteiger partial charge in [-0.1, -0.05) is 12.1 Å². The third-order valence-electron chi connectivity index (χ3n) is 5.06.